The lowest BCUT2D eigenvalue weighted by molar-refractivity contribution is 0.415. The van der Waals surface area contributed by atoms with Gasteiger partial charge in [0.05, 0.1) is 22.8 Å². The monoisotopic (exact) mass is 605 g/mol. The first-order valence-corrected chi connectivity index (χ1v) is 15.0. The smallest absolute Gasteiger partial charge is 0.217 e. The van der Waals surface area contributed by atoms with E-state index in [4.69, 9.17) is 27.9 Å². The number of benzene rings is 4. The van der Waals surface area contributed by atoms with Crippen LogP contribution in [0.15, 0.2) is 96.2 Å². The summed E-state index contributed by atoms with van der Waals surface area (Å²) in [6.45, 7) is 0. The summed E-state index contributed by atoms with van der Waals surface area (Å²) in [5, 5.41) is 10.4. The molecule has 2 heterocycles. The molecule has 0 saturated carbocycles. The van der Waals surface area contributed by atoms with Crippen molar-refractivity contribution in [3.05, 3.63) is 123 Å². The van der Waals surface area contributed by atoms with E-state index in [9.17, 15) is 4.39 Å². The molecule has 0 aliphatic rings. The molecule has 2 aromatic heterocycles. The number of rotatable bonds is 8. The van der Waals surface area contributed by atoms with E-state index in [2.05, 4.69) is 46.6 Å². The highest BCUT2D eigenvalue weighted by Crippen LogP contribution is 2.39. The van der Waals surface area contributed by atoms with Crippen LogP contribution in [0.5, 0.6) is 5.75 Å². The molecule has 0 amide bonds. The predicted molar refractivity (Wildman–Crippen MR) is 164 cm³/mol. The van der Waals surface area contributed by atoms with E-state index in [-0.39, 0.29) is 5.02 Å². The molecule has 0 aliphatic carbocycles. The Morgan fingerprint density at radius 1 is 0.875 bits per heavy atom. The third-order valence-electron chi connectivity index (χ3n) is 6.54. The van der Waals surface area contributed by atoms with Gasteiger partial charge in [0.15, 0.2) is 5.16 Å². The number of thiazole rings is 1. The molecular formula is C31H22Cl2FN3OS2. The summed E-state index contributed by atoms with van der Waals surface area (Å²) in [4.78, 5) is 1.80. The Kier molecular flexibility index (Phi) is 7.80. The molecule has 40 heavy (non-hydrogen) atoms. The molecule has 0 unspecified atom stereocenters. The minimum atomic E-state index is -0.462. The standard InChI is InChI=1S/C31H22Cl2FN3OS2/c1-38-27-14-11-19(15-25(27)33)16-28-29(21-12-13-26(34)24(32)17-21)37-30(35-36-31(37)40-28)39-18-22-9-5-6-10-23(22)20-7-3-2-4-8-20/h2-15,17H,16,18H2,1H3. The van der Waals surface area contributed by atoms with Crippen molar-refractivity contribution >= 4 is 51.3 Å². The zero-order chi connectivity index (χ0) is 27.6. The quantitative estimate of drug-likeness (QED) is 0.162. The average molecular weight is 607 g/mol. The largest absolute Gasteiger partial charge is 0.495 e. The lowest BCUT2D eigenvalue weighted by Gasteiger charge is -2.11. The number of methoxy groups -OCH3 is 1. The molecule has 0 fully saturated rings. The number of aromatic nitrogens is 3. The van der Waals surface area contributed by atoms with Gasteiger partial charge in [0.2, 0.25) is 4.96 Å². The van der Waals surface area contributed by atoms with Gasteiger partial charge in [-0.1, -0.05) is 107 Å². The molecule has 0 atom stereocenters. The van der Waals surface area contributed by atoms with Gasteiger partial charge in [0.25, 0.3) is 0 Å². The van der Waals surface area contributed by atoms with Gasteiger partial charge in [0, 0.05) is 22.6 Å². The van der Waals surface area contributed by atoms with Crippen LogP contribution in [0.4, 0.5) is 4.39 Å². The molecule has 4 aromatic carbocycles. The highest BCUT2D eigenvalue weighted by atomic mass is 35.5. The van der Waals surface area contributed by atoms with Gasteiger partial charge < -0.3 is 4.74 Å². The van der Waals surface area contributed by atoms with Crippen molar-refractivity contribution in [3.63, 3.8) is 0 Å². The lowest BCUT2D eigenvalue weighted by Crippen LogP contribution is -1.96. The van der Waals surface area contributed by atoms with Gasteiger partial charge in [-0.3, -0.25) is 4.40 Å². The summed E-state index contributed by atoms with van der Waals surface area (Å²) in [6, 6.07) is 29.3. The normalized spacial score (nSPS) is 11.3. The van der Waals surface area contributed by atoms with Crippen molar-refractivity contribution < 1.29 is 9.13 Å². The van der Waals surface area contributed by atoms with Crippen LogP contribution in [0.2, 0.25) is 10.0 Å². The van der Waals surface area contributed by atoms with Gasteiger partial charge in [-0.25, -0.2) is 4.39 Å². The molecule has 0 bridgehead atoms. The van der Waals surface area contributed by atoms with Crippen LogP contribution in [-0.4, -0.2) is 21.7 Å². The van der Waals surface area contributed by atoms with E-state index < -0.39 is 5.82 Å². The molecular weight excluding hydrogens is 584 g/mol. The van der Waals surface area contributed by atoms with Gasteiger partial charge in [-0.05, 0) is 52.6 Å². The molecule has 200 valence electrons. The summed E-state index contributed by atoms with van der Waals surface area (Å²) >= 11 is 15.8. The maximum Gasteiger partial charge on any atom is 0.217 e. The highest BCUT2D eigenvalue weighted by Gasteiger charge is 2.21. The second-order valence-electron chi connectivity index (χ2n) is 9.06. The molecule has 0 aliphatic heterocycles. The maximum atomic E-state index is 14.1. The Bertz CT molecular complexity index is 1820. The maximum absolute atomic E-state index is 14.1. The van der Waals surface area contributed by atoms with Crippen LogP contribution < -0.4 is 4.74 Å². The zero-order valence-corrected chi connectivity index (χ0v) is 24.4. The summed E-state index contributed by atoms with van der Waals surface area (Å²) in [7, 11) is 1.59. The second-order valence-corrected chi connectivity index (χ2v) is 11.9. The minimum absolute atomic E-state index is 0.0642. The van der Waals surface area contributed by atoms with Gasteiger partial charge in [0.1, 0.15) is 11.6 Å². The summed E-state index contributed by atoms with van der Waals surface area (Å²) < 4.78 is 21.5. The number of fused-ring (bicyclic) bond motifs is 1. The molecule has 0 spiro atoms. The molecule has 0 N–H and O–H groups in total. The molecule has 0 radical (unpaired) electrons. The van der Waals surface area contributed by atoms with Crippen LogP contribution in [0.3, 0.4) is 0 Å². The SMILES string of the molecule is COc1ccc(Cc2sc3nnc(SCc4ccccc4-c4ccccc4)n3c2-c2ccc(F)c(Cl)c2)cc1Cl. The van der Waals surface area contributed by atoms with Crippen LogP contribution in [0.25, 0.3) is 27.3 Å². The fraction of sp³-hybridized carbons (Fsp3) is 0.0968. The third-order valence-corrected chi connectivity index (χ3v) is 9.13. The van der Waals surface area contributed by atoms with Crippen molar-refractivity contribution in [1.29, 1.82) is 0 Å². The van der Waals surface area contributed by atoms with E-state index in [0.29, 0.717) is 22.9 Å². The highest BCUT2D eigenvalue weighted by molar-refractivity contribution is 7.98. The summed E-state index contributed by atoms with van der Waals surface area (Å²) in [6.07, 6.45) is 0.600. The molecule has 6 rings (SSSR count). The van der Waals surface area contributed by atoms with Gasteiger partial charge in [-0.2, -0.15) is 0 Å². The van der Waals surface area contributed by atoms with Crippen molar-refractivity contribution in [2.45, 2.75) is 17.3 Å². The van der Waals surface area contributed by atoms with Crippen molar-refractivity contribution in [3.8, 4) is 28.1 Å². The van der Waals surface area contributed by atoms with Crippen LogP contribution in [0.1, 0.15) is 16.0 Å². The fourth-order valence-electron chi connectivity index (χ4n) is 4.64. The van der Waals surface area contributed by atoms with Crippen LogP contribution in [0, 0.1) is 5.82 Å². The van der Waals surface area contributed by atoms with Crippen LogP contribution in [-0.2, 0) is 12.2 Å². The fourth-order valence-corrected chi connectivity index (χ4v) is 7.21. The topological polar surface area (TPSA) is 39.4 Å². The number of hydrogen-bond donors (Lipinski definition) is 0. The average Bonchev–Trinajstić information content (AvgIpc) is 3.53. The Hall–Kier alpha value is -3.36. The first-order chi connectivity index (χ1) is 19.5. The molecule has 4 nitrogen and oxygen atoms in total. The number of nitrogens with zero attached hydrogens (tertiary/aromatic N) is 3. The Labute approximate surface area is 249 Å². The number of ether oxygens (including phenoxy) is 1. The first kappa shape index (κ1) is 26.8. The van der Waals surface area contributed by atoms with Crippen molar-refractivity contribution in [2.24, 2.45) is 0 Å². The Morgan fingerprint density at radius 3 is 2.45 bits per heavy atom. The first-order valence-electron chi connectivity index (χ1n) is 12.4. The molecule has 6 aromatic rings. The van der Waals surface area contributed by atoms with E-state index in [1.165, 1.54) is 22.8 Å². The summed E-state index contributed by atoms with van der Waals surface area (Å²) in [5.74, 6) is 0.862. The minimum Gasteiger partial charge on any atom is -0.495 e. The van der Waals surface area contributed by atoms with E-state index in [1.807, 2.05) is 40.8 Å². The zero-order valence-electron chi connectivity index (χ0n) is 21.3. The number of halogens is 3. The van der Waals surface area contributed by atoms with Crippen LogP contribution >= 0.6 is 46.3 Å². The van der Waals surface area contributed by atoms with Crippen molar-refractivity contribution in [1.82, 2.24) is 14.6 Å². The predicted octanol–water partition coefficient (Wildman–Crippen LogP) is 9.46. The Morgan fingerprint density at radius 2 is 1.68 bits per heavy atom. The Balaban J connectivity index is 1.40. The van der Waals surface area contributed by atoms with E-state index >= 15 is 0 Å². The molecule has 0 saturated heterocycles. The number of thioether (sulfide) groups is 1. The lowest BCUT2D eigenvalue weighted by atomic mass is 10.0. The van der Waals surface area contributed by atoms with E-state index in [1.54, 1.807) is 42.3 Å². The van der Waals surface area contributed by atoms with Gasteiger partial charge in [-0.15, -0.1) is 10.2 Å². The second kappa shape index (κ2) is 11.6. The van der Waals surface area contributed by atoms with Gasteiger partial charge >= 0.3 is 0 Å². The molecule has 9 heteroatoms. The third kappa shape index (κ3) is 5.34. The number of hydrogen-bond acceptors (Lipinski definition) is 5. The van der Waals surface area contributed by atoms with E-state index in [0.717, 1.165) is 31.8 Å². The van der Waals surface area contributed by atoms with Crippen molar-refractivity contribution in [2.75, 3.05) is 7.11 Å². The summed E-state index contributed by atoms with van der Waals surface area (Å²) in [5.41, 5.74) is 6.25.